The molecule has 0 heterocycles. The third-order valence-corrected chi connectivity index (χ3v) is 4.98. The molecular weight excluding hydrogens is 318 g/mol. The van der Waals surface area contributed by atoms with E-state index < -0.39 is 0 Å². The zero-order valence-electron chi connectivity index (χ0n) is 14.5. The van der Waals surface area contributed by atoms with Crippen molar-refractivity contribution in [3.05, 3.63) is 65.7 Å². The van der Waals surface area contributed by atoms with Gasteiger partial charge in [-0.1, -0.05) is 42.5 Å². The summed E-state index contributed by atoms with van der Waals surface area (Å²) in [5.41, 5.74) is 2.31. The number of hydrogen-bond donors (Lipinski definition) is 1. The second-order valence-corrected chi connectivity index (χ2v) is 7.00. The summed E-state index contributed by atoms with van der Waals surface area (Å²) in [5.74, 6) is 1.76. The molecule has 4 heteroatoms. The van der Waals surface area contributed by atoms with Gasteiger partial charge in [0, 0.05) is 5.75 Å². The third kappa shape index (κ3) is 5.60. The van der Waals surface area contributed by atoms with Gasteiger partial charge in [0.25, 0.3) is 0 Å². The van der Waals surface area contributed by atoms with E-state index in [4.69, 9.17) is 4.74 Å². The lowest BCUT2D eigenvalue weighted by molar-refractivity contribution is -0.120. The minimum Gasteiger partial charge on any atom is -0.494 e. The van der Waals surface area contributed by atoms with E-state index in [0.717, 1.165) is 17.1 Å². The van der Waals surface area contributed by atoms with Crippen molar-refractivity contribution in [3.8, 4) is 5.75 Å². The maximum atomic E-state index is 12.4. The highest BCUT2D eigenvalue weighted by molar-refractivity contribution is 7.99. The molecule has 0 aliphatic rings. The Morgan fingerprint density at radius 2 is 1.75 bits per heavy atom. The molecule has 2 atom stereocenters. The predicted octanol–water partition coefficient (Wildman–Crippen LogP) is 4.58. The fraction of sp³-hybridized carbons (Fsp3) is 0.350. The quantitative estimate of drug-likeness (QED) is 0.762. The van der Waals surface area contributed by atoms with Gasteiger partial charge in [-0.25, -0.2) is 0 Å². The lowest BCUT2D eigenvalue weighted by Crippen LogP contribution is -2.33. The van der Waals surface area contributed by atoms with Gasteiger partial charge in [0.15, 0.2) is 0 Å². The van der Waals surface area contributed by atoms with Crippen LogP contribution < -0.4 is 10.1 Å². The summed E-state index contributed by atoms with van der Waals surface area (Å²) in [6.07, 6.45) is 0. The molecule has 2 aromatic carbocycles. The van der Waals surface area contributed by atoms with Gasteiger partial charge in [-0.15, -0.1) is 11.8 Å². The van der Waals surface area contributed by atoms with Gasteiger partial charge in [-0.3, -0.25) is 4.79 Å². The minimum absolute atomic E-state index is 0.0204. The van der Waals surface area contributed by atoms with Crippen LogP contribution >= 0.6 is 11.8 Å². The Balaban J connectivity index is 1.83. The smallest absolute Gasteiger partial charge is 0.233 e. The Morgan fingerprint density at radius 3 is 2.38 bits per heavy atom. The molecule has 0 aromatic heterocycles. The highest BCUT2D eigenvalue weighted by atomic mass is 32.2. The minimum atomic E-state index is -0.0876. The van der Waals surface area contributed by atoms with Crippen LogP contribution in [0.4, 0.5) is 0 Å². The number of carbonyl (C=O) groups is 1. The standard InChI is InChI=1S/C20H25NO2S/c1-4-23-19-12-10-18(11-13-19)15(2)21-20(22)16(3)24-14-17-8-6-5-7-9-17/h5-13,15-16H,4,14H2,1-3H3,(H,21,22). The van der Waals surface area contributed by atoms with Crippen LogP contribution in [0.15, 0.2) is 54.6 Å². The van der Waals surface area contributed by atoms with E-state index in [-0.39, 0.29) is 17.2 Å². The van der Waals surface area contributed by atoms with Crippen LogP contribution in [-0.2, 0) is 10.5 Å². The molecule has 0 aliphatic heterocycles. The molecule has 0 spiro atoms. The molecule has 2 unspecified atom stereocenters. The Kier molecular flexibility index (Phi) is 7.19. The van der Waals surface area contributed by atoms with Crippen LogP contribution in [-0.4, -0.2) is 17.8 Å². The lowest BCUT2D eigenvalue weighted by atomic mass is 10.1. The molecule has 2 rings (SSSR count). The Labute approximate surface area is 148 Å². The van der Waals surface area contributed by atoms with E-state index in [1.165, 1.54) is 5.56 Å². The average molecular weight is 343 g/mol. The fourth-order valence-corrected chi connectivity index (χ4v) is 3.16. The summed E-state index contributed by atoms with van der Waals surface area (Å²) in [7, 11) is 0. The zero-order valence-corrected chi connectivity index (χ0v) is 15.3. The van der Waals surface area contributed by atoms with E-state index in [9.17, 15) is 4.79 Å². The largest absolute Gasteiger partial charge is 0.494 e. The first-order chi connectivity index (χ1) is 11.6. The Bertz CT molecular complexity index is 628. The van der Waals surface area contributed by atoms with Crippen molar-refractivity contribution in [1.82, 2.24) is 5.32 Å². The summed E-state index contributed by atoms with van der Waals surface area (Å²) in [6.45, 7) is 6.57. The van der Waals surface area contributed by atoms with Crippen LogP contribution in [0, 0.1) is 0 Å². The van der Waals surface area contributed by atoms with E-state index in [0.29, 0.717) is 6.61 Å². The number of rotatable bonds is 8. The molecule has 2 aromatic rings. The SMILES string of the molecule is CCOc1ccc(C(C)NC(=O)C(C)SCc2ccccc2)cc1. The van der Waals surface area contributed by atoms with Gasteiger partial charge in [0.05, 0.1) is 17.9 Å². The molecule has 0 bridgehead atoms. The van der Waals surface area contributed by atoms with E-state index in [2.05, 4.69) is 17.4 Å². The first-order valence-corrected chi connectivity index (χ1v) is 9.33. The summed E-state index contributed by atoms with van der Waals surface area (Å²) in [5, 5.41) is 3.00. The van der Waals surface area contributed by atoms with Crippen LogP contribution in [0.1, 0.15) is 37.9 Å². The van der Waals surface area contributed by atoms with Crippen LogP contribution in [0.5, 0.6) is 5.75 Å². The van der Waals surface area contributed by atoms with Crippen molar-refractivity contribution >= 4 is 17.7 Å². The van der Waals surface area contributed by atoms with Crippen molar-refractivity contribution in [3.63, 3.8) is 0 Å². The van der Waals surface area contributed by atoms with E-state index in [1.54, 1.807) is 11.8 Å². The zero-order chi connectivity index (χ0) is 17.4. The normalized spacial score (nSPS) is 13.1. The van der Waals surface area contributed by atoms with Crippen molar-refractivity contribution in [2.75, 3.05) is 6.61 Å². The summed E-state index contributed by atoms with van der Waals surface area (Å²) in [4.78, 5) is 12.4. The number of hydrogen-bond acceptors (Lipinski definition) is 3. The van der Waals surface area contributed by atoms with Crippen molar-refractivity contribution in [2.45, 2.75) is 37.8 Å². The molecule has 24 heavy (non-hydrogen) atoms. The molecule has 1 N–H and O–H groups in total. The van der Waals surface area contributed by atoms with Crippen molar-refractivity contribution in [2.24, 2.45) is 0 Å². The van der Waals surface area contributed by atoms with Crippen molar-refractivity contribution < 1.29 is 9.53 Å². The molecule has 128 valence electrons. The highest BCUT2D eigenvalue weighted by Gasteiger charge is 2.16. The number of carbonyl (C=O) groups excluding carboxylic acids is 1. The van der Waals surface area contributed by atoms with Gasteiger partial charge in [-0.2, -0.15) is 0 Å². The van der Waals surface area contributed by atoms with Crippen molar-refractivity contribution in [1.29, 1.82) is 0 Å². The molecular formula is C20H25NO2S. The van der Waals surface area contributed by atoms with Gasteiger partial charge < -0.3 is 10.1 Å². The maximum Gasteiger partial charge on any atom is 0.233 e. The van der Waals surface area contributed by atoms with Gasteiger partial charge in [0.1, 0.15) is 5.75 Å². The average Bonchev–Trinajstić information content (AvgIpc) is 2.61. The number of amides is 1. The molecule has 0 aliphatic carbocycles. The maximum absolute atomic E-state index is 12.4. The Hall–Kier alpha value is -1.94. The highest BCUT2D eigenvalue weighted by Crippen LogP contribution is 2.21. The van der Waals surface area contributed by atoms with Crippen LogP contribution in [0.3, 0.4) is 0 Å². The van der Waals surface area contributed by atoms with Crippen LogP contribution in [0.2, 0.25) is 0 Å². The first kappa shape index (κ1) is 18.4. The molecule has 0 radical (unpaired) electrons. The van der Waals surface area contributed by atoms with E-state index in [1.807, 2.05) is 63.2 Å². The lowest BCUT2D eigenvalue weighted by Gasteiger charge is -2.18. The topological polar surface area (TPSA) is 38.3 Å². The molecule has 0 fully saturated rings. The van der Waals surface area contributed by atoms with E-state index >= 15 is 0 Å². The molecule has 0 saturated carbocycles. The molecule has 1 amide bonds. The summed E-state index contributed by atoms with van der Waals surface area (Å²) in [6, 6.07) is 18.1. The monoisotopic (exact) mass is 343 g/mol. The number of ether oxygens (including phenoxy) is 1. The number of benzene rings is 2. The van der Waals surface area contributed by atoms with Gasteiger partial charge in [0.2, 0.25) is 5.91 Å². The Morgan fingerprint density at radius 1 is 1.08 bits per heavy atom. The third-order valence-electron chi connectivity index (χ3n) is 3.76. The van der Waals surface area contributed by atoms with Gasteiger partial charge in [-0.05, 0) is 44.0 Å². The first-order valence-electron chi connectivity index (χ1n) is 8.28. The summed E-state index contributed by atoms with van der Waals surface area (Å²) < 4.78 is 5.44. The second-order valence-electron chi connectivity index (χ2n) is 5.67. The van der Waals surface area contributed by atoms with Crippen LogP contribution in [0.25, 0.3) is 0 Å². The fourth-order valence-electron chi connectivity index (χ4n) is 2.30. The predicted molar refractivity (Wildman–Crippen MR) is 101 cm³/mol. The summed E-state index contributed by atoms with van der Waals surface area (Å²) >= 11 is 1.65. The second kappa shape index (κ2) is 9.38. The van der Waals surface area contributed by atoms with Gasteiger partial charge >= 0.3 is 0 Å². The molecule has 3 nitrogen and oxygen atoms in total. The number of thioether (sulfide) groups is 1. The number of nitrogens with one attached hydrogen (secondary N) is 1. The molecule has 0 saturated heterocycles.